The lowest BCUT2D eigenvalue weighted by atomic mass is 10.3. The molecule has 0 heterocycles. The first-order valence-corrected chi connectivity index (χ1v) is 5.87. The van der Waals surface area contributed by atoms with Gasteiger partial charge in [0.05, 0.1) is 6.42 Å². The maximum absolute atomic E-state index is 10.3. The Bertz CT molecular complexity index is 344. The number of benzene rings is 1. The van der Waals surface area contributed by atoms with Crippen LogP contribution in [0, 0.1) is 3.57 Å². The third-order valence-corrected chi connectivity index (χ3v) is 3.91. The lowest BCUT2D eigenvalue weighted by Gasteiger charge is -2.05. The topological polar surface area (TPSA) is 49.3 Å². The Morgan fingerprint density at radius 2 is 2.29 bits per heavy atom. The molecule has 5 heteroatoms. The number of carbonyl (C=O) groups is 1. The molecule has 3 nitrogen and oxygen atoms in total. The second kappa shape index (κ2) is 5.55. The van der Waals surface area contributed by atoms with Crippen LogP contribution in [-0.2, 0) is 4.79 Å². The zero-order valence-corrected chi connectivity index (χ0v) is 11.0. The summed E-state index contributed by atoms with van der Waals surface area (Å²) < 4.78 is 2.14. The van der Waals surface area contributed by atoms with Gasteiger partial charge in [-0.05, 0) is 56.7 Å². The number of carboxylic acids is 1. The van der Waals surface area contributed by atoms with Gasteiger partial charge in [-0.15, -0.1) is 0 Å². The summed E-state index contributed by atoms with van der Waals surface area (Å²) in [6, 6.07) is 5.81. The van der Waals surface area contributed by atoms with Crippen molar-refractivity contribution >= 4 is 50.2 Å². The second-order valence-corrected chi connectivity index (χ2v) is 4.72. The van der Waals surface area contributed by atoms with Crippen LogP contribution < -0.4 is 5.32 Å². The second-order valence-electron chi connectivity index (χ2n) is 2.70. The van der Waals surface area contributed by atoms with Gasteiger partial charge >= 0.3 is 5.97 Å². The number of halogens is 2. The van der Waals surface area contributed by atoms with Crippen molar-refractivity contribution in [2.45, 2.75) is 6.42 Å². The van der Waals surface area contributed by atoms with E-state index in [0.717, 1.165) is 13.7 Å². The van der Waals surface area contributed by atoms with Gasteiger partial charge in [0.15, 0.2) is 0 Å². The molecule has 14 heavy (non-hydrogen) atoms. The molecule has 2 N–H and O–H groups in total. The van der Waals surface area contributed by atoms with E-state index in [4.69, 9.17) is 5.11 Å². The number of rotatable bonds is 4. The highest BCUT2D eigenvalue weighted by Crippen LogP contribution is 2.22. The molecule has 1 aromatic rings. The minimum absolute atomic E-state index is 0.132. The van der Waals surface area contributed by atoms with Crippen molar-refractivity contribution in [3.8, 4) is 0 Å². The van der Waals surface area contributed by atoms with Crippen molar-refractivity contribution in [1.82, 2.24) is 0 Å². The maximum Gasteiger partial charge on any atom is 0.305 e. The number of anilines is 1. The van der Waals surface area contributed by atoms with Gasteiger partial charge in [-0.3, -0.25) is 4.79 Å². The summed E-state index contributed by atoms with van der Waals surface area (Å²) in [5.41, 5.74) is 0.943. The van der Waals surface area contributed by atoms with Crippen LogP contribution >= 0.6 is 38.5 Å². The van der Waals surface area contributed by atoms with E-state index in [1.807, 2.05) is 18.2 Å². The molecule has 0 aliphatic heterocycles. The predicted molar refractivity (Wildman–Crippen MR) is 67.6 cm³/mol. The molecule has 0 fully saturated rings. The molecule has 0 bridgehead atoms. The Morgan fingerprint density at radius 3 is 2.86 bits per heavy atom. The third-order valence-electron chi connectivity index (χ3n) is 1.59. The van der Waals surface area contributed by atoms with E-state index in [1.165, 1.54) is 0 Å². The van der Waals surface area contributed by atoms with Crippen molar-refractivity contribution in [1.29, 1.82) is 0 Å². The van der Waals surface area contributed by atoms with Crippen LogP contribution in [0.3, 0.4) is 0 Å². The van der Waals surface area contributed by atoms with Crippen LogP contribution in [0.2, 0.25) is 0 Å². The quantitative estimate of drug-likeness (QED) is 0.802. The molecule has 1 rings (SSSR count). The van der Waals surface area contributed by atoms with Gasteiger partial charge in [-0.2, -0.15) is 0 Å². The summed E-state index contributed by atoms with van der Waals surface area (Å²) >= 11 is 5.60. The average Bonchev–Trinajstić information content (AvgIpc) is 2.10. The van der Waals surface area contributed by atoms with Crippen molar-refractivity contribution in [3.63, 3.8) is 0 Å². The zero-order valence-electron chi connectivity index (χ0n) is 7.26. The van der Waals surface area contributed by atoms with Crippen LogP contribution in [0.4, 0.5) is 5.69 Å². The molecular formula is C9H9BrINO2. The fraction of sp³-hybridized carbons (Fsp3) is 0.222. The third kappa shape index (κ3) is 3.83. The van der Waals surface area contributed by atoms with Crippen molar-refractivity contribution in [2.75, 3.05) is 11.9 Å². The molecule has 0 spiro atoms. The summed E-state index contributed by atoms with van der Waals surface area (Å²) in [7, 11) is 0. The SMILES string of the molecule is O=C(O)CCNc1ccc(Br)c(I)c1. The van der Waals surface area contributed by atoms with E-state index in [2.05, 4.69) is 43.8 Å². The monoisotopic (exact) mass is 369 g/mol. The maximum atomic E-state index is 10.3. The summed E-state index contributed by atoms with van der Waals surface area (Å²) in [5, 5.41) is 11.5. The van der Waals surface area contributed by atoms with E-state index in [9.17, 15) is 4.79 Å². The Labute approximate surface area is 104 Å². The number of hydrogen-bond donors (Lipinski definition) is 2. The minimum atomic E-state index is -0.788. The first-order chi connectivity index (χ1) is 6.59. The molecule has 0 saturated heterocycles. The van der Waals surface area contributed by atoms with Crippen molar-refractivity contribution in [2.24, 2.45) is 0 Å². The fourth-order valence-corrected chi connectivity index (χ4v) is 1.68. The Balaban J connectivity index is 2.51. The van der Waals surface area contributed by atoms with Crippen LogP contribution in [-0.4, -0.2) is 17.6 Å². The van der Waals surface area contributed by atoms with Gasteiger partial charge in [0.1, 0.15) is 0 Å². The average molecular weight is 370 g/mol. The molecule has 76 valence electrons. The van der Waals surface area contributed by atoms with Gasteiger partial charge in [0.2, 0.25) is 0 Å². The number of aliphatic carboxylic acids is 1. The molecule has 0 amide bonds. The van der Waals surface area contributed by atoms with E-state index in [1.54, 1.807) is 0 Å². The lowest BCUT2D eigenvalue weighted by molar-refractivity contribution is -0.136. The number of carboxylic acid groups (broad SMARTS) is 1. The molecular weight excluding hydrogens is 361 g/mol. The van der Waals surface area contributed by atoms with Gasteiger partial charge in [0, 0.05) is 20.3 Å². The summed E-state index contributed by atoms with van der Waals surface area (Å²) in [6.07, 6.45) is 0.132. The number of hydrogen-bond acceptors (Lipinski definition) is 2. The first kappa shape index (κ1) is 11.8. The van der Waals surface area contributed by atoms with Crippen molar-refractivity contribution in [3.05, 3.63) is 26.2 Å². The van der Waals surface area contributed by atoms with E-state index in [-0.39, 0.29) is 6.42 Å². The van der Waals surface area contributed by atoms with Crippen LogP contribution in [0.15, 0.2) is 22.7 Å². The highest BCUT2D eigenvalue weighted by Gasteiger charge is 1.99. The predicted octanol–water partition coefficient (Wildman–Crippen LogP) is 2.94. The standard InChI is InChI=1S/C9H9BrINO2/c10-7-2-1-6(5-8(7)11)12-4-3-9(13)14/h1-2,5,12H,3-4H2,(H,13,14). The van der Waals surface area contributed by atoms with Crippen LogP contribution in [0.5, 0.6) is 0 Å². The van der Waals surface area contributed by atoms with Crippen LogP contribution in [0.25, 0.3) is 0 Å². The Morgan fingerprint density at radius 1 is 1.57 bits per heavy atom. The molecule has 0 aliphatic rings. The van der Waals surface area contributed by atoms with E-state index >= 15 is 0 Å². The smallest absolute Gasteiger partial charge is 0.305 e. The minimum Gasteiger partial charge on any atom is -0.481 e. The zero-order chi connectivity index (χ0) is 10.6. The summed E-state index contributed by atoms with van der Waals surface area (Å²) in [5.74, 6) is -0.788. The molecule has 0 aliphatic carbocycles. The lowest BCUT2D eigenvalue weighted by Crippen LogP contribution is -2.07. The molecule has 0 saturated carbocycles. The van der Waals surface area contributed by atoms with Gasteiger partial charge in [-0.1, -0.05) is 0 Å². The fourth-order valence-electron chi connectivity index (χ4n) is 0.920. The summed E-state index contributed by atoms with van der Waals surface area (Å²) in [4.78, 5) is 10.3. The molecule has 0 radical (unpaired) electrons. The van der Waals surface area contributed by atoms with Gasteiger partial charge < -0.3 is 10.4 Å². The van der Waals surface area contributed by atoms with Crippen molar-refractivity contribution < 1.29 is 9.90 Å². The van der Waals surface area contributed by atoms with Gasteiger partial charge in [0.25, 0.3) is 0 Å². The van der Waals surface area contributed by atoms with Crippen LogP contribution in [0.1, 0.15) is 6.42 Å². The van der Waals surface area contributed by atoms with Gasteiger partial charge in [-0.25, -0.2) is 0 Å². The molecule has 0 aromatic heterocycles. The number of nitrogens with one attached hydrogen (secondary N) is 1. The Kier molecular flexibility index (Phi) is 4.67. The molecule has 1 aromatic carbocycles. The molecule has 0 atom stereocenters. The summed E-state index contributed by atoms with van der Waals surface area (Å²) in [6.45, 7) is 0.451. The van der Waals surface area contributed by atoms with E-state index in [0.29, 0.717) is 6.54 Å². The highest BCUT2D eigenvalue weighted by atomic mass is 127. The normalized spacial score (nSPS) is 9.86. The highest BCUT2D eigenvalue weighted by molar-refractivity contribution is 14.1. The molecule has 0 unspecified atom stereocenters. The first-order valence-electron chi connectivity index (χ1n) is 4.00. The van der Waals surface area contributed by atoms with E-state index < -0.39 is 5.97 Å². The largest absolute Gasteiger partial charge is 0.481 e. The Hall–Kier alpha value is -0.300.